The first kappa shape index (κ1) is 15.7. The molecule has 3 aliphatic rings. The Balaban J connectivity index is 1.41. The third kappa shape index (κ3) is 3.07. The Morgan fingerprint density at radius 3 is 2.38 bits per heavy atom. The third-order valence-electron chi connectivity index (χ3n) is 4.81. The molecule has 1 aromatic heterocycles. The molecule has 1 aliphatic carbocycles. The Morgan fingerprint density at radius 1 is 1.12 bits per heavy atom. The molecular weight excluding hydrogens is 328 g/mol. The summed E-state index contributed by atoms with van der Waals surface area (Å²) in [5.74, 6) is 2.91. The molecule has 1 aromatic rings. The maximum atomic E-state index is 12.6. The van der Waals surface area contributed by atoms with Gasteiger partial charge in [0.15, 0.2) is 0 Å². The van der Waals surface area contributed by atoms with Crippen LogP contribution in [0.5, 0.6) is 0 Å². The highest BCUT2D eigenvalue weighted by atomic mass is 32.2. The Morgan fingerprint density at radius 2 is 1.79 bits per heavy atom. The van der Waals surface area contributed by atoms with Crippen LogP contribution >= 0.6 is 11.8 Å². The van der Waals surface area contributed by atoms with E-state index in [9.17, 15) is 14.4 Å². The summed E-state index contributed by atoms with van der Waals surface area (Å²) in [4.78, 5) is 47.3. The first-order chi connectivity index (χ1) is 11.6. The van der Waals surface area contributed by atoms with Gasteiger partial charge in [0.25, 0.3) is 11.5 Å². The van der Waals surface area contributed by atoms with Crippen molar-refractivity contribution in [1.29, 1.82) is 0 Å². The second-order valence-corrected chi connectivity index (χ2v) is 7.72. The molecule has 2 aliphatic heterocycles. The fourth-order valence-electron chi connectivity index (χ4n) is 3.06. The molecule has 0 radical (unpaired) electrons. The SMILES string of the molecule is O=C(c1cc(=O)[nH]c(C2CC2)n1)N1CCN(C(=O)C2CSC2)CC1. The average molecular weight is 348 g/mol. The van der Waals surface area contributed by atoms with E-state index >= 15 is 0 Å². The second kappa shape index (κ2) is 6.23. The number of carbonyl (C=O) groups is 2. The molecule has 0 bridgehead atoms. The lowest BCUT2D eigenvalue weighted by Crippen LogP contribution is -2.53. The normalized spacial score (nSPS) is 21.5. The topological polar surface area (TPSA) is 86.4 Å². The number of piperazine rings is 1. The number of nitrogens with one attached hydrogen (secondary N) is 1. The molecule has 7 nitrogen and oxygen atoms in total. The van der Waals surface area contributed by atoms with Crippen LogP contribution in [0.4, 0.5) is 0 Å². The third-order valence-corrected chi connectivity index (χ3v) is 6.09. The molecule has 3 heterocycles. The quantitative estimate of drug-likeness (QED) is 0.849. The molecule has 0 atom stereocenters. The van der Waals surface area contributed by atoms with Gasteiger partial charge in [0.1, 0.15) is 11.5 Å². The van der Waals surface area contributed by atoms with Crippen molar-refractivity contribution in [3.05, 3.63) is 27.9 Å². The maximum absolute atomic E-state index is 12.6. The highest BCUT2D eigenvalue weighted by Gasteiger charge is 2.33. The molecule has 0 aromatic carbocycles. The summed E-state index contributed by atoms with van der Waals surface area (Å²) in [7, 11) is 0. The molecule has 0 spiro atoms. The number of hydrogen-bond donors (Lipinski definition) is 1. The van der Waals surface area contributed by atoms with Gasteiger partial charge in [0.05, 0.1) is 5.92 Å². The van der Waals surface area contributed by atoms with E-state index in [1.165, 1.54) is 6.07 Å². The van der Waals surface area contributed by atoms with Gasteiger partial charge in [-0.2, -0.15) is 11.8 Å². The fraction of sp³-hybridized carbons (Fsp3) is 0.625. The van der Waals surface area contributed by atoms with E-state index < -0.39 is 0 Å². The number of amides is 2. The molecule has 2 saturated heterocycles. The molecular formula is C16H20N4O3S. The van der Waals surface area contributed by atoms with Gasteiger partial charge in [0, 0.05) is 49.7 Å². The zero-order valence-electron chi connectivity index (χ0n) is 13.4. The van der Waals surface area contributed by atoms with E-state index in [2.05, 4.69) is 9.97 Å². The lowest BCUT2D eigenvalue weighted by Gasteiger charge is -2.37. The van der Waals surface area contributed by atoms with Gasteiger partial charge in [-0.25, -0.2) is 4.98 Å². The van der Waals surface area contributed by atoms with Crippen molar-refractivity contribution in [2.75, 3.05) is 37.7 Å². The van der Waals surface area contributed by atoms with Crippen LogP contribution in [0, 0.1) is 5.92 Å². The van der Waals surface area contributed by atoms with Gasteiger partial charge in [-0.05, 0) is 12.8 Å². The molecule has 8 heteroatoms. The Kier molecular flexibility index (Phi) is 4.07. The zero-order valence-corrected chi connectivity index (χ0v) is 14.2. The fourth-order valence-corrected chi connectivity index (χ4v) is 3.82. The molecule has 4 rings (SSSR count). The first-order valence-corrected chi connectivity index (χ1v) is 9.54. The largest absolute Gasteiger partial charge is 0.339 e. The maximum Gasteiger partial charge on any atom is 0.272 e. The van der Waals surface area contributed by atoms with Crippen molar-refractivity contribution in [3.8, 4) is 0 Å². The minimum absolute atomic E-state index is 0.160. The Labute approximate surface area is 143 Å². The summed E-state index contributed by atoms with van der Waals surface area (Å²) in [6.07, 6.45) is 2.03. The summed E-state index contributed by atoms with van der Waals surface area (Å²) in [6.45, 7) is 2.12. The number of aromatic amines is 1. The van der Waals surface area contributed by atoms with E-state index in [0.29, 0.717) is 37.9 Å². The molecule has 0 unspecified atom stereocenters. The Bertz CT molecular complexity index is 718. The van der Waals surface area contributed by atoms with Crippen LogP contribution in [-0.2, 0) is 4.79 Å². The highest BCUT2D eigenvalue weighted by Crippen LogP contribution is 2.37. The van der Waals surface area contributed by atoms with Gasteiger partial charge >= 0.3 is 0 Å². The van der Waals surface area contributed by atoms with Crippen LogP contribution < -0.4 is 5.56 Å². The van der Waals surface area contributed by atoms with Crippen LogP contribution in [0.25, 0.3) is 0 Å². The van der Waals surface area contributed by atoms with Crippen molar-refractivity contribution < 1.29 is 9.59 Å². The van der Waals surface area contributed by atoms with Crippen LogP contribution in [0.2, 0.25) is 0 Å². The lowest BCUT2D eigenvalue weighted by molar-refractivity contribution is -0.135. The first-order valence-electron chi connectivity index (χ1n) is 8.39. The molecule has 128 valence electrons. The van der Waals surface area contributed by atoms with Crippen LogP contribution in [0.3, 0.4) is 0 Å². The number of nitrogens with zero attached hydrogens (tertiary/aromatic N) is 3. The van der Waals surface area contributed by atoms with Crippen molar-refractivity contribution in [2.45, 2.75) is 18.8 Å². The molecule has 24 heavy (non-hydrogen) atoms. The lowest BCUT2D eigenvalue weighted by atomic mass is 10.1. The molecule has 1 N–H and O–H groups in total. The summed E-state index contributed by atoms with van der Waals surface area (Å²) < 4.78 is 0. The van der Waals surface area contributed by atoms with Gasteiger partial charge in [0.2, 0.25) is 5.91 Å². The number of carbonyl (C=O) groups excluding carboxylic acids is 2. The standard InChI is InChI=1S/C16H20N4O3S/c21-13-7-12(17-14(18-13)10-1-2-10)16(23)20-5-3-19(4-6-20)15(22)11-8-24-9-11/h7,10-11H,1-6,8-9H2,(H,17,18,21). The predicted octanol–water partition coefficient (Wildman–Crippen LogP) is 0.295. The number of H-pyrrole nitrogens is 1. The second-order valence-electron chi connectivity index (χ2n) is 6.64. The smallest absolute Gasteiger partial charge is 0.272 e. The summed E-state index contributed by atoms with van der Waals surface area (Å²) in [6, 6.07) is 1.28. The molecule has 2 amide bonds. The Hall–Kier alpha value is -1.83. The van der Waals surface area contributed by atoms with Crippen LogP contribution in [-0.4, -0.2) is 69.3 Å². The minimum atomic E-state index is -0.272. The van der Waals surface area contributed by atoms with Crippen molar-refractivity contribution in [1.82, 2.24) is 19.8 Å². The van der Waals surface area contributed by atoms with Gasteiger partial charge in [-0.3, -0.25) is 14.4 Å². The predicted molar refractivity (Wildman–Crippen MR) is 90.1 cm³/mol. The van der Waals surface area contributed by atoms with Gasteiger partial charge in [-0.15, -0.1) is 0 Å². The summed E-state index contributed by atoms with van der Waals surface area (Å²) in [5.41, 5.74) is -0.0534. The number of hydrogen-bond acceptors (Lipinski definition) is 5. The van der Waals surface area contributed by atoms with E-state index in [0.717, 1.165) is 24.3 Å². The number of rotatable bonds is 3. The summed E-state index contributed by atoms with van der Waals surface area (Å²) >= 11 is 1.80. The average Bonchev–Trinajstić information content (AvgIpc) is 3.37. The number of aromatic nitrogens is 2. The highest BCUT2D eigenvalue weighted by molar-refractivity contribution is 8.00. The van der Waals surface area contributed by atoms with E-state index in [4.69, 9.17) is 0 Å². The van der Waals surface area contributed by atoms with Crippen molar-refractivity contribution >= 4 is 23.6 Å². The van der Waals surface area contributed by atoms with Gasteiger partial charge < -0.3 is 14.8 Å². The monoisotopic (exact) mass is 348 g/mol. The van der Waals surface area contributed by atoms with Crippen LogP contribution in [0.15, 0.2) is 10.9 Å². The summed E-state index contributed by atoms with van der Waals surface area (Å²) in [5, 5.41) is 0. The number of thioether (sulfide) groups is 1. The van der Waals surface area contributed by atoms with E-state index in [1.54, 1.807) is 16.7 Å². The molecule has 1 saturated carbocycles. The molecule has 3 fully saturated rings. The van der Waals surface area contributed by atoms with E-state index in [1.807, 2.05) is 4.90 Å². The van der Waals surface area contributed by atoms with E-state index in [-0.39, 0.29) is 29.0 Å². The van der Waals surface area contributed by atoms with Crippen molar-refractivity contribution in [3.63, 3.8) is 0 Å². The minimum Gasteiger partial charge on any atom is -0.339 e. The van der Waals surface area contributed by atoms with Crippen LogP contribution in [0.1, 0.15) is 35.1 Å². The van der Waals surface area contributed by atoms with Gasteiger partial charge in [-0.1, -0.05) is 0 Å². The zero-order chi connectivity index (χ0) is 16.7. The van der Waals surface area contributed by atoms with Crippen molar-refractivity contribution in [2.24, 2.45) is 5.92 Å².